The van der Waals surface area contributed by atoms with Crippen molar-refractivity contribution < 1.29 is 13.2 Å². The van der Waals surface area contributed by atoms with Crippen LogP contribution in [-0.4, -0.2) is 29.9 Å². The Morgan fingerprint density at radius 3 is 2.48 bits per heavy atom. The molecule has 0 fully saturated rings. The average molecular weight is 323 g/mol. The number of aryl methyl sites for hydroxylation is 1. The minimum absolute atomic E-state index is 0.0335. The van der Waals surface area contributed by atoms with Crippen LogP contribution < -0.4 is 10.6 Å². The van der Waals surface area contributed by atoms with Crippen molar-refractivity contribution >= 4 is 17.6 Å². The van der Waals surface area contributed by atoms with Gasteiger partial charge in [-0.05, 0) is 12.5 Å². The second-order valence-corrected chi connectivity index (χ2v) is 4.72. The van der Waals surface area contributed by atoms with Crippen LogP contribution in [0.5, 0.6) is 0 Å². The molecule has 2 N–H and O–H groups in total. The minimum Gasteiger partial charge on any atom is -0.372 e. The molecule has 0 aliphatic carbocycles. The number of nitrogens with zero attached hydrogens (tertiary/aromatic N) is 3. The Labute approximate surface area is 131 Å². The zero-order chi connectivity index (χ0) is 17.0. The highest BCUT2D eigenvalue weighted by Gasteiger charge is 2.35. The van der Waals surface area contributed by atoms with Gasteiger partial charge in [-0.15, -0.1) is 0 Å². The van der Waals surface area contributed by atoms with Crippen molar-refractivity contribution in [1.82, 2.24) is 9.97 Å². The fourth-order valence-electron chi connectivity index (χ4n) is 2.03. The molecule has 0 saturated heterocycles. The number of rotatable bonds is 3. The molecule has 0 atom stereocenters. The lowest BCUT2D eigenvalue weighted by atomic mass is 10.1. The van der Waals surface area contributed by atoms with E-state index < -0.39 is 11.7 Å². The highest BCUT2D eigenvalue weighted by Crippen LogP contribution is 2.33. The first-order valence-corrected chi connectivity index (χ1v) is 6.78. The molecule has 2 rings (SSSR count). The number of nitrogens with one attached hydrogen (secondary N) is 2. The summed E-state index contributed by atoms with van der Waals surface area (Å²) in [5.41, 5.74) is 0.877. The predicted octanol–water partition coefficient (Wildman–Crippen LogP) is 3.33. The lowest BCUT2D eigenvalue weighted by molar-refractivity contribution is -0.137. The maximum Gasteiger partial charge on any atom is 0.421 e. The van der Waals surface area contributed by atoms with Gasteiger partial charge in [-0.25, -0.2) is 4.98 Å². The molecule has 1 heterocycles. The predicted molar refractivity (Wildman–Crippen MR) is 83.8 cm³/mol. The zero-order valence-corrected chi connectivity index (χ0v) is 12.9. The van der Waals surface area contributed by atoms with E-state index in [-0.39, 0.29) is 11.8 Å². The van der Waals surface area contributed by atoms with Gasteiger partial charge in [0.25, 0.3) is 0 Å². The standard InChI is InChI=1S/C15H16F3N5/c1-9-6-4-5-7-10(9)12(19-2)22-14-21-8-11(15(16,17)18)13(20-3)23-14/h4-8H,1-3H3,(H2,19,20,21,22,23). The van der Waals surface area contributed by atoms with E-state index in [9.17, 15) is 13.2 Å². The summed E-state index contributed by atoms with van der Waals surface area (Å²) in [5.74, 6) is 0.214. The summed E-state index contributed by atoms with van der Waals surface area (Å²) in [4.78, 5) is 11.7. The fraction of sp³-hybridized carbons (Fsp3) is 0.267. The number of amidine groups is 1. The molecule has 8 heteroatoms. The molecule has 0 aliphatic rings. The van der Waals surface area contributed by atoms with Crippen LogP contribution in [0.3, 0.4) is 0 Å². The zero-order valence-electron chi connectivity index (χ0n) is 12.9. The molecule has 1 aromatic carbocycles. The molecule has 0 saturated carbocycles. The third-order valence-corrected chi connectivity index (χ3v) is 3.18. The molecule has 5 nitrogen and oxygen atoms in total. The Bertz CT molecular complexity index is 725. The quantitative estimate of drug-likeness (QED) is 0.672. The van der Waals surface area contributed by atoms with E-state index in [4.69, 9.17) is 0 Å². The van der Waals surface area contributed by atoms with Crippen molar-refractivity contribution in [2.45, 2.75) is 13.1 Å². The van der Waals surface area contributed by atoms with Crippen molar-refractivity contribution in [3.05, 3.63) is 47.2 Å². The van der Waals surface area contributed by atoms with Gasteiger partial charge in [-0.3, -0.25) is 4.99 Å². The van der Waals surface area contributed by atoms with Crippen molar-refractivity contribution in [2.24, 2.45) is 4.99 Å². The van der Waals surface area contributed by atoms with Crippen LogP contribution in [-0.2, 0) is 6.18 Å². The molecule has 1 aromatic heterocycles. The number of anilines is 2. The minimum atomic E-state index is -4.52. The van der Waals surface area contributed by atoms with Gasteiger partial charge >= 0.3 is 6.18 Å². The van der Waals surface area contributed by atoms with E-state index in [0.29, 0.717) is 5.84 Å². The third-order valence-electron chi connectivity index (χ3n) is 3.18. The van der Waals surface area contributed by atoms with Crippen LogP contribution in [0.1, 0.15) is 16.7 Å². The van der Waals surface area contributed by atoms with Crippen LogP contribution >= 0.6 is 0 Å². The Kier molecular flexibility index (Phi) is 4.83. The van der Waals surface area contributed by atoms with Crippen molar-refractivity contribution in [3.63, 3.8) is 0 Å². The molecule has 2 aromatic rings. The van der Waals surface area contributed by atoms with Crippen molar-refractivity contribution in [3.8, 4) is 0 Å². The largest absolute Gasteiger partial charge is 0.421 e. The summed E-state index contributed by atoms with van der Waals surface area (Å²) in [6, 6.07) is 7.50. The number of hydrogen-bond acceptors (Lipinski definition) is 4. The highest BCUT2D eigenvalue weighted by atomic mass is 19.4. The Morgan fingerprint density at radius 2 is 1.91 bits per heavy atom. The average Bonchev–Trinajstić information content (AvgIpc) is 2.52. The molecule has 0 amide bonds. The molecule has 0 bridgehead atoms. The van der Waals surface area contributed by atoms with Gasteiger partial charge in [0.05, 0.1) is 0 Å². The molecule has 0 aliphatic heterocycles. The summed E-state index contributed by atoms with van der Waals surface area (Å²) in [6.07, 6.45) is -3.78. The molecule has 122 valence electrons. The maximum atomic E-state index is 12.8. The first-order valence-electron chi connectivity index (χ1n) is 6.78. The third kappa shape index (κ3) is 3.77. The number of halogens is 3. The van der Waals surface area contributed by atoms with Crippen LogP contribution in [0.2, 0.25) is 0 Å². The molecular formula is C15H16F3N5. The van der Waals surface area contributed by atoms with E-state index in [1.165, 1.54) is 7.05 Å². The number of benzene rings is 1. The van der Waals surface area contributed by atoms with Crippen LogP contribution in [0.4, 0.5) is 24.9 Å². The van der Waals surface area contributed by atoms with E-state index in [2.05, 4.69) is 25.6 Å². The fourth-order valence-corrected chi connectivity index (χ4v) is 2.03. The summed E-state index contributed by atoms with van der Waals surface area (Å²) in [6.45, 7) is 1.91. The molecule has 0 unspecified atom stereocenters. The van der Waals surface area contributed by atoms with Crippen LogP contribution in [0.25, 0.3) is 0 Å². The lowest BCUT2D eigenvalue weighted by Gasteiger charge is -2.14. The van der Waals surface area contributed by atoms with E-state index in [1.54, 1.807) is 7.05 Å². The molecular weight excluding hydrogens is 307 g/mol. The first-order chi connectivity index (χ1) is 10.9. The smallest absolute Gasteiger partial charge is 0.372 e. The van der Waals surface area contributed by atoms with Gasteiger partial charge in [0, 0.05) is 25.9 Å². The summed E-state index contributed by atoms with van der Waals surface area (Å²) in [7, 11) is 2.95. The number of aliphatic imine (C=N–C) groups is 1. The summed E-state index contributed by atoms with van der Waals surface area (Å²) >= 11 is 0. The van der Waals surface area contributed by atoms with Crippen LogP contribution in [0, 0.1) is 6.92 Å². The Hall–Kier alpha value is -2.64. The second kappa shape index (κ2) is 6.64. The van der Waals surface area contributed by atoms with Crippen molar-refractivity contribution in [1.29, 1.82) is 0 Å². The summed E-state index contributed by atoms with van der Waals surface area (Å²) in [5, 5.41) is 5.29. The van der Waals surface area contributed by atoms with Gasteiger partial charge in [0.15, 0.2) is 0 Å². The van der Waals surface area contributed by atoms with E-state index in [0.717, 1.165) is 17.3 Å². The van der Waals surface area contributed by atoms with Gasteiger partial charge in [-0.1, -0.05) is 24.3 Å². The van der Waals surface area contributed by atoms with Gasteiger partial charge in [0.2, 0.25) is 5.95 Å². The number of hydrogen-bond donors (Lipinski definition) is 2. The Morgan fingerprint density at radius 1 is 1.22 bits per heavy atom. The highest BCUT2D eigenvalue weighted by molar-refractivity contribution is 6.08. The molecule has 0 spiro atoms. The van der Waals surface area contributed by atoms with Crippen LogP contribution in [0.15, 0.2) is 35.5 Å². The monoisotopic (exact) mass is 323 g/mol. The Balaban J connectivity index is 2.35. The van der Waals surface area contributed by atoms with E-state index >= 15 is 0 Å². The summed E-state index contributed by atoms with van der Waals surface area (Å²) < 4.78 is 38.5. The molecule has 23 heavy (non-hydrogen) atoms. The maximum absolute atomic E-state index is 12.8. The SMILES string of the molecule is CN=C(Nc1ncc(C(F)(F)F)c(NC)n1)c1ccccc1C. The van der Waals surface area contributed by atoms with Gasteiger partial charge < -0.3 is 10.6 Å². The number of aromatic nitrogens is 2. The molecule has 0 radical (unpaired) electrons. The number of alkyl halides is 3. The van der Waals surface area contributed by atoms with Gasteiger partial charge in [0.1, 0.15) is 17.2 Å². The topological polar surface area (TPSA) is 62.2 Å². The van der Waals surface area contributed by atoms with E-state index in [1.807, 2.05) is 31.2 Å². The normalized spacial score (nSPS) is 12.2. The first kappa shape index (κ1) is 16.7. The van der Waals surface area contributed by atoms with Crippen molar-refractivity contribution in [2.75, 3.05) is 24.7 Å². The second-order valence-electron chi connectivity index (χ2n) is 4.72. The lowest BCUT2D eigenvalue weighted by Crippen LogP contribution is -2.19. The van der Waals surface area contributed by atoms with Gasteiger partial charge in [-0.2, -0.15) is 18.2 Å².